The van der Waals surface area contributed by atoms with Crippen molar-refractivity contribution in [2.24, 2.45) is 0 Å². The smallest absolute Gasteiger partial charge is 0.518 e. The van der Waals surface area contributed by atoms with E-state index in [4.69, 9.17) is 6.58 Å². The van der Waals surface area contributed by atoms with Crippen LogP contribution in [0.15, 0.2) is 6.08 Å². The first kappa shape index (κ1) is 8.84. The molecule has 0 aliphatic carbocycles. The zero-order valence-corrected chi connectivity index (χ0v) is 3.15. The largest absolute Gasteiger partial charge is 1.00 e. The van der Waals surface area contributed by atoms with Crippen LogP contribution in [0.1, 0.15) is 6.92 Å². The molecule has 0 unspecified atom stereocenters. The monoisotopic (exact) mass is 48.1 g/mol. The van der Waals surface area contributed by atoms with Crippen molar-refractivity contribution in [3.8, 4) is 0 Å². The van der Waals surface area contributed by atoms with Crippen LogP contribution in [-0.2, 0) is 0 Å². The van der Waals surface area contributed by atoms with E-state index in [1.165, 1.54) is 6.08 Å². The fourth-order valence-electron chi connectivity index (χ4n) is 0. The fourth-order valence-corrected chi connectivity index (χ4v) is 0. The van der Waals surface area contributed by atoms with Crippen LogP contribution in [0.2, 0.25) is 0 Å². The van der Waals surface area contributed by atoms with Gasteiger partial charge in [0.15, 0.2) is 0 Å². The molecule has 0 rings (SSSR count). The first-order chi connectivity index (χ1) is 1.41. The predicted molar refractivity (Wildman–Crippen MR) is 14.5 cm³/mol. The van der Waals surface area contributed by atoms with E-state index >= 15 is 0 Å². The van der Waals surface area contributed by atoms with Crippen LogP contribution >= 0.6 is 0 Å². The first-order valence-corrected chi connectivity index (χ1v) is 0.911. The Labute approximate surface area is 39.1 Å². The maximum absolute atomic E-state index is 4.72. The van der Waals surface area contributed by atoms with Gasteiger partial charge in [-0.05, 0) is 0 Å². The Bertz CT molecular complexity index is 10.8. The number of hydrogen-bond donors (Lipinski definition) is 0. The van der Waals surface area contributed by atoms with Gasteiger partial charge in [0.2, 0.25) is 0 Å². The SMILES string of the molecule is [CH-]=CC.[Li+]. The second-order valence-corrected chi connectivity index (χ2v) is 0.333. The van der Waals surface area contributed by atoms with Gasteiger partial charge < -0.3 is 6.58 Å². The predicted octanol–water partition coefficient (Wildman–Crippen LogP) is -2.00. The normalized spacial score (nSPS) is 3.25. The van der Waals surface area contributed by atoms with Crippen molar-refractivity contribution in [1.82, 2.24) is 0 Å². The number of rotatable bonds is 0. The van der Waals surface area contributed by atoms with Crippen molar-refractivity contribution >= 4 is 0 Å². The molecule has 18 valence electrons. The minimum atomic E-state index is 0. The Kier molecular flexibility index (Phi) is 22.5. The summed E-state index contributed by atoms with van der Waals surface area (Å²) < 4.78 is 0. The summed E-state index contributed by atoms with van der Waals surface area (Å²) in [5.74, 6) is 0. The van der Waals surface area contributed by atoms with Gasteiger partial charge in [-0.15, -0.1) is 0 Å². The molecule has 0 bridgehead atoms. The van der Waals surface area contributed by atoms with Crippen LogP contribution in [-0.4, -0.2) is 0 Å². The van der Waals surface area contributed by atoms with Crippen molar-refractivity contribution in [1.29, 1.82) is 0 Å². The molecule has 0 aromatic heterocycles. The van der Waals surface area contributed by atoms with Crippen molar-refractivity contribution < 1.29 is 18.9 Å². The molecule has 0 aromatic carbocycles. The molecule has 0 saturated heterocycles. The van der Waals surface area contributed by atoms with Crippen LogP contribution in [0.3, 0.4) is 0 Å². The molecule has 0 aliphatic heterocycles. The van der Waals surface area contributed by atoms with E-state index in [1.807, 2.05) is 0 Å². The summed E-state index contributed by atoms with van der Waals surface area (Å²) in [6, 6.07) is 0. The molecular weight excluding hydrogens is 43.0 g/mol. The zero-order valence-electron chi connectivity index (χ0n) is 3.15. The summed E-state index contributed by atoms with van der Waals surface area (Å²) >= 11 is 0. The van der Waals surface area contributed by atoms with E-state index in [9.17, 15) is 0 Å². The molecule has 0 fully saturated rings. The maximum atomic E-state index is 4.72. The van der Waals surface area contributed by atoms with E-state index in [-0.39, 0.29) is 18.9 Å². The minimum Gasteiger partial charge on any atom is -0.518 e. The van der Waals surface area contributed by atoms with Gasteiger partial charge >= 0.3 is 18.9 Å². The standard InChI is InChI=1S/C3H5.Li/c1-3-2;/h1,3H,2H3;/q-1;+1. The van der Waals surface area contributed by atoms with Gasteiger partial charge in [0.1, 0.15) is 0 Å². The second kappa shape index (κ2) is 10.2. The van der Waals surface area contributed by atoms with E-state index in [0.29, 0.717) is 0 Å². The van der Waals surface area contributed by atoms with Gasteiger partial charge in [-0.2, -0.15) is 0 Å². The summed E-state index contributed by atoms with van der Waals surface area (Å²) in [6.45, 7) is 6.50. The molecule has 0 amide bonds. The van der Waals surface area contributed by atoms with Crippen LogP contribution in [0, 0.1) is 6.58 Å². The summed E-state index contributed by atoms with van der Waals surface area (Å²) in [6.07, 6.45) is 1.50. The third-order valence-corrected chi connectivity index (χ3v) is 0. The first-order valence-electron chi connectivity index (χ1n) is 0.911. The van der Waals surface area contributed by atoms with Crippen LogP contribution in [0.4, 0.5) is 0 Å². The summed E-state index contributed by atoms with van der Waals surface area (Å²) in [5, 5.41) is 0. The molecule has 0 spiro atoms. The van der Waals surface area contributed by atoms with Crippen molar-refractivity contribution in [2.75, 3.05) is 0 Å². The molecular formula is C3H5Li. The molecule has 0 heterocycles. The molecule has 0 nitrogen and oxygen atoms in total. The molecule has 0 aromatic rings. The third-order valence-electron chi connectivity index (χ3n) is 0. The third kappa shape index (κ3) is 36.7. The quantitative estimate of drug-likeness (QED) is 0.219. The van der Waals surface area contributed by atoms with Crippen molar-refractivity contribution in [3.63, 3.8) is 0 Å². The van der Waals surface area contributed by atoms with Gasteiger partial charge in [-0.25, -0.2) is 0 Å². The van der Waals surface area contributed by atoms with Crippen molar-refractivity contribution in [2.45, 2.75) is 6.92 Å². The summed E-state index contributed by atoms with van der Waals surface area (Å²) in [7, 11) is 0. The van der Waals surface area contributed by atoms with Gasteiger partial charge in [0, 0.05) is 0 Å². The second-order valence-electron chi connectivity index (χ2n) is 0.333. The topological polar surface area (TPSA) is 0 Å². The Hall–Kier alpha value is 0.337. The van der Waals surface area contributed by atoms with E-state index < -0.39 is 0 Å². The van der Waals surface area contributed by atoms with Crippen LogP contribution in [0.25, 0.3) is 0 Å². The summed E-state index contributed by atoms with van der Waals surface area (Å²) in [4.78, 5) is 0. The van der Waals surface area contributed by atoms with E-state index in [2.05, 4.69) is 0 Å². The minimum absolute atomic E-state index is 0. The van der Waals surface area contributed by atoms with Gasteiger partial charge in [-0.1, -0.05) is 6.92 Å². The fraction of sp³-hybridized carbons (Fsp3) is 0.333. The number of allylic oxidation sites excluding steroid dienone is 1. The van der Waals surface area contributed by atoms with E-state index in [0.717, 1.165) is 0 Å². The zero-order chi connectivity index (χ0) is 2.71. The Morgan fingerprint density at radius 3 is 1.75 bits per heavy atom. The molecule has 1 heteroatoms. The molecule has 4 heavy (non-hydrogen) atoms. The Balaban J connectivity index is 0. The Morgan fingerprint density at radius 2 is 1.75 bits per heavy atom. The van der Waals surface area contributed by atoms with Gasteiger partial charge in [0.05, 0.1) is 0 Å². The summed E-state index contributed by atoms with van der Waals surface area (Å²) in [5.41, 5.74) is 0. The number of hydrogen-bond acceptors (Lipinski definition) is 0. The van der Waals surface area contributed by atoms with E-state index in [1.54, 1.807) is 6.92 Å². The van der Waals surface area contributed by atoms with Gasteiger partial charge in [-0.3, -0.25) is 6.08 Å². The molecule has 0 radical (unpaired) electrons. The average Bonchev–Trinajstić information content (AvgIpc) is 0.918. The molecule has 0 N–H and O–H groups in total. The Morgan fingerprint density at radius 1 is 1.75 bits per heavy atom. The van der Waals surface area contributed by atoms with Gasteiger partial charge in [0.25, 0.3) is 0 Å². The molecule has 0 saturated carbocycles. The molecule has 0 aliphatic rings. The maximum Gasteiger partial charge on any atom is 1.00 e. The van der Waals surface area contributed by atoms with Crippen LogP contribution in [0.5, 0.6) is 0 Å². The average molecular weight is 48.0 g/mol. The molecule has 0 atom stereocenters. The van der Waals surface area contributed by atoms with Crippen LogP contribution < -0.4 is 18.9 Å². The van der Waals surface area contributed by atoms with Crippen molar-refractivity contribution in [3.05, 3.63) is 12.7 Å².